The van der Waals surface area contributed by atoms with Crippen LogP contribution in [0.2, 0.25) is 0 Å². The van der Waals surface area contributed by atoms with E-state index in [-0.39, 0.29) is 24.0 Å². The molecule has 0 radical (unpaired) electrons. The van der Waals surface area contributed by atoms with E-state index in [1.807, 2.05) is 0 Å². The molecule has 0 atom stereocenters. The number of carbonyl (C=O) groups excluding carboxylic acids is 1. The molecule has 1 aliphatic heterocycles. The molecule has 1 aromatic rings. The van der Waals surface area contributed by atoms with Gasteiger partial charge in [-0.25, -0.2) is 18.2 Å². The minimum atomic E-state index is -3.69. The zero-order chi connectivity index (χ0) is 19.9. The number of carboxylic acids is 1. The van der Waals surface area contributed by atoms with Gasteiger partial charge in [0.1, 0.15) is 11.4 Å². The maximum atomic E-state index is 12.7. The molecule has 1 amide bonds. The molecule has 1 aromatic heterocycles. The Bertz CT molecular complexity index is 787. The third kappa shape index (κ3) is 3.61. The van der Waals surface area contributed by atoms with Gasteiger partial charge in [-0.1, -0.05) is 0 Å². The average Bonchev–Trinajstić information content (AvgIpc) is 2.93. The van der Waals surface area contributed by atoms with Gasteiger partial charge in [0.15, 0.2) is 5.03 Å². The molecular weight excluding hydrogens is 360 g/mol. The van der Waals surface area contributed by atoms with Gasteiger partial charge in [-0.2, -0.15) is 4.31 Å². The van der Waals surface area contributed by atoms with E-state index in [4.69, 9.17) is 0 Å². The maximum Gasteiger partial charge on any atom is 0.329 e. The first kappa shape index (κ1) is 20.4. The average molecular weight is 386 g/mol. The number of carbonyl (C=O) groups is 2. The Morgan fingerprint density at radius 2 is 1.85 bits per heavy atom. The Morgan fingerprint density at radius 3 is 2.27 bits per heavy atom. The number of hydrogen-bond acceptors (Lipinski definition) is 5. The van der Waals surface area contributed by atoms with E-state index in [0.717, 1.165) is 0 Å². The van der Waals surface area contributed by atoms with Crippen molar-refractivity contribution in [1.29, 1.82) is 0 Å². The first-order valence-electron chi connectivity index (χ1n) is 8.40. The second-order valence-corrected chi connectivity index (χ2v) is 9.06. The number of amides is 1. The first-order chi connectivity index (χ1) is 11.9. The number of rotatable bonds is 5. The third-order valence-corrected chi connectivity index (χ3v) is 6.96. The first-order valence-corrected chi connectivity index (χ1v) is 9.84. The minimum absolute atomic E-state index is 0.00593. The molecule has 26 heavy (non-hydrogen) atoms. The Kier molecular flexibility index (Phi) is 5.48. The summed E-state index contributed by atoms with van der Waals surface area (Å²) in [7, 11) is -0.496. The van der Waals surface area contributed by atoms with Gasteiger partial charge in [-0.3, -0.25) is 4.79 Å². The zero-order valence-corrected chi connectivity index (χ0v) is 16.6. The van der Waals surface area contributed by atoms with Crippen LogP contribution in [0.15, 0.2) is 11.2 Å². The summed E-state index contributed by atoms with van der Waals surface area (Å²) in [4.78, 5) is 29.2. The Balaban J connectivity index is 2.07. The van der Waals surface area contributed by atoms with E-state index in [0.29, 0.717) is 18.7 Å². The quantitative estimate of drug-likeness (QED) is 0.786. The molecule has 0 spiro atoms. The molecule has 1 aliphatic rings. The van der Waals surface area contributed by atoms with Gasteiger partial charge in [0.2, 0.25) is 5.91 Å². The molecule has 2 rings (SSSR count). The van der Waals surface area contributed by atoms with E-state index >= 15 is 0 Å². The standard InChI is InChI=1S/C16H26N4O5S/c1-11-17-13(10-18(11)4)26(24,25)20-8-6-12(7-9-20)14(21)19(5)16(2,3)15(22)23/h10,12H,6-9H2,1-5H3,(H,22,23). The largest absolute Gasteiger partial charge is 0.480 e. The highest BCUT2D eigenvalue weighted by Crippen LogP contribution is 2.26. The van der Waals surface area contributed by atoms with Gasteiger partial charge in [-0.15, -0.1) is 0 Å². The van der Waals surface area contributed by atoms with Gasteiger partial charge in [0, 0.05) is 39.3 Å². The lowest BCUT2D eigenvalue weighted by Gasteiger charge is -2.37. The van der Waals surface area contributed by atoms with Gasteiger partial charge in [-0.05, 0) is 33.6 Å². The highest BCUT2D eigenvalue weighted by atomic mass is 32.2. The molecule has 1 N–H and O–H groups in total. The van der Waals surface area contributed by atoms with Gasteiger partial charge in [0.05, 0.1) is 0 Å². The van der Waals surface area contributed by atoms with Crippen LogP contribution in [-0.2, 0) is 26.7 Å². The van der Waals surface area contributed by atoms with E-state index in [1.165, 1.54) is 36.3 Å². The Morgan fingerprint density at radius 1 is 1.31 bits per heavy atom. The number of piperidine rings is 1. The van der Waals surface area contributed by atoms with Crippen molar-refractivity contribution < 1.29 is 23.1 Å². The van der Waals surface area contributed by atoms with Crippen LogP contribution in [0.4, 0.5) is 0 Å². The topological polar surface area (TPSA) is 113 Å². The number of hydrogen-bond donors (Lipinski definition) is 1. The number of imidazole rings is 1. The molecule has 10 heteroatoms. The molecule has 0 saturated carbocycles. The molecule has 0 unspecified atom stereocenters. The summed E-state index contributed by atoms with van der Waals surface area (Å²) >= 11 is 0. The number of nitrogens with zero attached hydrogens (tertiary/aromatic N) is 4. The van der Waals surface area contributed by atoms with Gasteiger partial charge >= 0.3 is 5.97 Å². The third-order valence-electron chi connectivity index (χ3n) is 5.19. The fourth-order valence-electron chi connectivity index (χ4n) is 2.82. The van der Waals surface area contributed by atoms with Crippen LogP contribution in [0, 0.1) is 12.8 Å². The molecule has 0 bridgehead atoms. The van der Waals surface area contributed by atoms with E-state index in [1.54, 1.807) is 18.5 Å². The summed E-state index contributed by atoms with van der Waals surface area (Å²) in [5.74, 6) is -1.15. The van der Waals surface area contributed by atoms with Crippen LogP contribution in [-0.4, -0.2) is 69.8 Å². The maximum absolute atomic E-state index is 12.7. The lowest BCUT2D eigenvalue weighted by molar-refractivity contribution is -0.157. The van der Waals surface area contributed by atoms with Crippen molar-refractivity contribution >= 4 is 21.9 Å². The summed E-state index contributed by atoms with van der Waals surface area (Å²) in [6, 6.07) is 0. The minimum Gasteiger partial charge on any atom is -0.480 e. The number of aryl methyl sites for hydroxylation is 2. The summed E-state index contributed by atoms with van der Waals surface area (Å²) in [6.07, 6.45) is 2.18. The number of aromatic nitrogens is 2. The Labute approximate surface area is 153 Å². The van der Waals surface area contributed by atoms with Crippen LogP contribution in [0.3, 0.4) is 0 Å². The van der Waals surface area contributed by atoms with Gasteiger partial charge in [0.25, 0.3) is 10.0 Å². The van der Waals surface area contributed by atoms with Crippen molar-refractivity contribution in [2.45, 2.75) is 44.2 Å². The molecule has 146 valence electrons. The highest BCUT2D eigenvalue weighted by molar-refractivity contribution is 7.89. The van der Waals surface area contributed by atoms with Crippen molar-refractivity contribution in [3.8, 4) is 0 Å². The van der Waals surface area contributed by atoms with Crippen LogP contribution in [0.1, 0.15) is 32.5 Å². The van der Waals surface area contributed by atoms with Crippen LogP contribution in [0.25, 0.3) is 0 Å². The molecular formula is C16H26N4O5S. The summed E-state index contributed by atoms with van der Waals surface area (Å²) in [5, 5.41) is 9.27. The fourth-order valence-corrected chi connectivity index (χ4v) is 4.31. The second kappa shape index (κ2) is 6.99. The molecule has 0 aromatic carbocycles. The van der Waals surface area contributed by atoms with Crippen molar-refractivity contribution in [2.75, 3.05) is 20.1 Å². The summed E-state index contributed by atoms with van der Waals surface area (Å²) < 4.78 is 28.4. The van der Waals surface area contributed by atoms with Crippen molar-refractivity contribution in [3.63, 3.8) is 0 Å². The number of sulfonamides is 1. The lowest BCUT2D eigenvalue weighted by atomic mass is 9.94. The number of likely N-dealkylation sites (N-methyl/N-ethyl adjacent to an activating group) is 1. The molecule has 2 heterocycles. The molecule has 1 fully saturated rings. The second-order valence-electron chi connectivity index (χ2n) is 7.18. The van der Waals surface area contributed by atoms with E-state index in [9.17, 15) is 23.1 Å². The predicted molar refractivity (Wildman–Crippen MR) is 93.9 cm³/mol. The monoisotopic (exact) mass is 386 g/mol. The van der Waals surface area contributed by atoms with E-state index < -0.39 is 27.4 Å². The molecule has 9 nitrogen and oxygen atoms in total. The molecule has 0 aliphatic carbocycles. The zero-order valence-electron chi connectivity index (χ0n) is 15.8. The van der Waals surface area contributed by atoms with Crippen LogP contribution >= 0.6 is 0 Å². The van der Waals surface area contributed by atoms with Crippen LogP contribution < -0.4 is 0 Å². The fraction of sp³-hybridized carbons (Fsp3) is 0.688. The normalized spacial score (nSPS) is 17.3. The SMILES string of the molecule is Cc1nc(S(=O)(=O)N2CCC(C(=O)N(C)C(C)(C)C(=O)O)CC2)cn1C. The Hall–Kier alpha value is -1.94. The predicted octanol–water partition coefficient (Wildman–Crippen LogP) is 0.451. The van der Waals surface area contributed by atoms with Crippen molar-refractivity contribution in [3.05, 3.63) is 12.0 Å². The van der Waals surface area contributed by atoms with Crippen molar-refractivity contribution in [1.82, 2.24) is 18.8 Å². The number of aliphatic carboxylic acids is 1. The smallest absolute Gasteiger partial charge is 0.329 e. The summed E-state index contributed by atoms with van der Waals surface area (Å²) in [5.41, 5.74) is -1.31. The van der Waals surface area contributed by atoms with Crippen molar-refractivity contribution in [2.24, 2.45) is 13.0 Å². The van der Waals surface area contributed by atoms with E-state index in [2.05, 4.69) is 4.98 Å². The molecule has 1 saturated heterocycles. The van der Waals surface area contributed by atoms with Gasteiger partial charge < -0.3 is 14.6 Å². The highest BCUT2D eigenvalue weighted by Gasteiger charge is 2.40. The number of carboxylic acid groups (broad SMARTS) is 1. The summed E-state index contributed by atoms with van der Waals surface area (Å²) in [6.45, 7) is 5.07. The van der Waals surface area contributed by atoms with Crippen LogP contribution in [0.5, 0.6) is 0 Å². The lowest BCUT2D eigenvalue weighted by Crippen LogP contribution is -2.54.